The van der Waals surface area contributed by atoms with E-state index in [1.165, 1.54) is 39.8 Å². The summed E-state index contributed by atoms with van der Waals surface area (Å²) in [4.78, 5) is 16.7. The molecule has 1 aromatic carbocycles. The minimum Gasteiger partial charge on any atom is -0.497 e. The highest BCUT2D eigenvalue weighted by molar-refractivity contribution is 5.95. The molecule has 0 aliphatic heterocycles. The lowest BCUT2D eigenvalue weighted by Gasteiger charge is -2.17. The van der Waals surface area contributed by atoms with Crippen molar-refractivity contribution in [2.24, 2.45) is 7.05 Å². The lowest BCUT2D eigenvalue weighted by Crippen LogP contribution is -2.30. The van der Waals surface area contributed by atoms with Gasteiger partial charge in [0.15, 0.2) is 11.8 Å². The van der Waals surface area contributed by atoms with E-state index in [0.717, 1.165) is 6.07 Å². The average molecular weight is 438 g/mol. The molecule has 2 heterocycles. The first-order valence-corrected chi connectivity index (χ1v) is 9.16. The molecule has 31 heavy (non-hydrogen) atoms. The lowest BCUT2D eigenvalue weighted by atomic mass is 10.1. The molecule has 166 valence electrons. The topological polar surface area (TPSA) is 87.5 Å². The Labute approximate surface area is 175 Å². The maximum absolute atomic E-state index is 13.6. The van der Waals surface area contributed by atoms with Crippen LogP contribution >= 0.6 is 0 Å². The number of halogens is 3. The highest BCUT2D eigenvalue weighted by atomic mass is 19.4. The number of anilines is 1. The molecule has 2 aromatic heterocycles. The van der Waals surface area contributed by atoms with Gasteiger partial charge in [-0.25, -0.2) is 0 Å². The van der Waals surface area contributed by atoms with Crippen LogP contribution in [0.4, 0.5) is 18.9 Å². The first kappa shape index (κ1) is 22.2. The van der Waals surface area contributed by atoms with E-state index >= 15 is 0 Å². The van der Waals surface area contributed by atoms with E-state index in [2.05, 4.69) is 15.4 Å². The number of fused-ring (bicyclic) bond motifs is 1. The highest BCUT2D eigenvalue weighted by Gasteiger charge is 2.36. The molecule has 0 saturated carbocycles. The van der Waals surface area contributed by atoms with Crippen molar-refractivity contribution in [1.29, 1.82) is 0 Å². The lowest BCUT2D eigenvalue weighted by molar-refractivity contribution is -0.136. The highest BCUT2D eigenvalue weighted by Crippen LogP contribution is 2.37. The maximum atomic E-state index is 13.6. The van der Waals surface area contributed by atoms with Crippen LogP contribution in [-0.4, -0.2) is 41.0 Å². The minimum atomic E-state index is -4.64. The van der Waals surface area contributed by atoms with Gasteiger partial charge >= 0.3 is 6.18 Å². The number of nitrogens with one attached hydrogen (secondary N) is 1. The van der Waals surface area contributed by atoms with Gasteiger partial charge in [0.2, 0.25) is 5.88 Å². The van der Waals surface area contributed by atoms with Crippen LogP contribution in [0.3, 0.4) is 0 Å². The van der Waals surface area contributed by atoms with Gasteiger partial charge in [0, 0.05) is 19.2 Å². The van der Waals surface area contributed by atoms with Crippen molar-refractivity contribution in [3.05, 3.63) is 35.5 Å². The largest absolute Gasteiger partial charge is 0.497 e. The van der Waals surface area contributed by atoms with Gasteiger partial charge in [0.25, 0.3) is 5.91 Å². The molecule has 1 N–H and O–H groups in total. The number of nitrogens with zero attached hydrogens (tertiary/aromatic N) is 3. The smallest absolute Gasteiger partial charge is 0.417 e. The van der Waals surface area contributed by atoms with Crippen molar-refractivity contribution < 1.29 is 32.2 Å². The molecule has 1 atom stereocenters. The van der Waals surface area contributed by atoms with E-state index < -0.39 is 23.8 Å². The predicted octanol–water partition coefficient (Wildman–Crippen LogP) is 3.72. The second-order valence-corrected chi connectivity index (χ2v) is 6.73. The number of alkyl halides is 3. The van der Waals surface area contributed by atoms with E-state index in [4.69, 9.17) is 14.2 Å². The number of hydrogen-bond donors (Lipinski definition) is 1. The van der Waals surface area contributed by atoms with Gasteiger partial charge < -0.3 is 19.5 Å². The molecule has 0 aliphatic rings. The van der Waals surface area contributed by atoms with Crippen LogP contribution in [-0.2, 0) is 18.0 Å². The molecule has 0 saturated heterocycles. The molecule has 0 radical (unpaired) electrons. The number of ether oxygens (including phenoxy) is 3. The van der Waals surface area contributed by atoms with Crippen molar-refractivity contribution in [3.63, 3.8) is 0 Å². The zero-order valence-electron chi connectivity index (χ0n) is 17.5. The molecule has 0 aliphatic carbocycles. The summed E-state index contributed by atoms with van der Waals surface area (Å²) in [6.07, 6.45) is -5.79. The van der Waals surface area contributed by atoms with Crippen LogP contribution in [0.25, 0.3) is 11.0 Å². The summed E-state index contributed by atoms with van der Waals surface area (Å²) in [5, 5.41) is 6.51. The minimum absolute atomic E-state index is 0.00626. The Morgan fingerprint density at radius 1 is 1.19 bits per heavy atom. The molecule has 11 heteroatoms. The Bertz CT molecular complexity index is 1130. The number of carbonyl (C=O) groups excluding carboxylic acids is 1. The van der Waals surface area contributed by atoms with Crippen LogP contribution in [0.5, 0.6) is 17.4 Å². The van der Waals surface area contributed by atoms with E-state index in [1.54, 1.807) is 18.2 Å². The van der Waals surface area contributed by atoms with Crippen LogP contribution < -0.4 is 19.5 Å². The van der Waals surface area contributed by atoms with Gasteiger partial charge in [-0.2, -0.15) is 23.3 Å². The fourth-order valence-electron chi connectivity index (χ4n) is 3.08. The van der Waals surface area contributed by atoms with Crippen LogP contribution in [0, 0.1) is 6.92 Å². The molecule has 0 fully saturated rings. The quantitative estimate of drug-likeness (QED) is 0.631. The van der Waals surface area contributed by atoms with Gasteiger partial charge in [0.05, 0.1) is 36.6 Å². The Hall–Kier alpha value is -3.50. The monoisotopic (exact) mass is 438 g/mol. The average Bonchev–Trinajstić information content (AvgIpc) is 3.00. The molecular formula is C20H21F3N4O4. The third-order valence-electron chi connectivity index (χ3n) is 4.58. The standard InChI is InChI=1S/C20H21F3N4O4/c1-10-17-13(20(21,22)23)9-16(25-18(17)27(3)26-10)31-11(2)19(28)24-14-7-6-12(29-4)8-15(14)30-5/h6-9,11H,1-5H3,(H,24,28)/t11-/m1/s1. The predicted molar refractivity (Wildman–Crippen MR) is 107 cm³/mol. The van der Waals surface area contributed by atoms with E-state index in [0.29, 0.717) is 17.2 Å². The summed E-state index contributed by atoms with van der Waals surface area (Å²) >= 11 is 0. The number of rotatable bonds is 6. The zero-order chi connectivity index (χ0) is 22.9. The second kappa shape index (κ2) is 8.32. The molecule has 8 nitrogen and oxygen atoms in total. The van der Waals surface area contributed by atoms with Crippen molar-refractivity contribution in [1.82, 2.24) is 14.8 Å². The van der Waals surface area contributed by atoms with Crippen LogP contribution in [0.15, 0.2) is 24.3 Å². The molecule has 0 unspecified atom stereocenters. The summed E-state index contributed by atoms with van der Waals surface area (Å²) in [5.74, 6) is -0.0563. The zero-order valence-corrected chi connectivity index (χ0v) is 17.5. The second-order valence-electron chi connectivity index (χ2n) is 6.73. The Morgan fingerprint density at radius 3 is 2.52 bits per heavy atom. The molecule has 3 rings (SSSR count). The first-order chi connectivity index (χ1) is 14.5. The van der Waals surface area contributed by atoms with Crippen molar-refractivity contribution >= 4 is 22.6 Å². The number of benzene rings is 1. The number of aryl methyl sites for hydroxylation is 2. The van der Waals surface area contributed by atoms with Gasteiger partial charge in [-0.3, -0.25) is 9.48 Å². The normalized spacial score (nSPS) is 12.5. The number of carbonyl (C=O) groups is 1. The summed E-state index contributed by atoms with van der Waals surface area (Å²) in [5.41, 5.74) is -0.374. The Morgan fingerprint density at radius 2 is 1.90 bits per heavy atom. The van der Waals surface area contributed by atoms with Gasteiger partial charge in [-0.15, -0.1) is 0 Å². The summed E-state index contributed by atoms with van der Waals surface area (Å²) in [6, 6.07) is 5.55. The van der Waals surface area contributed by atoms with E-state index in [1.807, 2.05) is 0 Å². The summed E-state index contributed by atoms with van der Waals surface area (Å²) < 4.78 is 57.8. The molecular weight excluding hydrogens is 417 g/mol. The van der Waals surface area contributed by atoms with Crippen LogP contribution in [0.1, 0.15) is 18.2 Å². The molecule has 0 bridgehead atoms. The number of amides is 1. The number of pyridine rings is 1. The number of aromatic nitrogens is 3. The SMILES string of the molecule is COc1ccc(NC(=O)[C@@H](C)Oc2cc(C(F)(F)F)c3c(C)nn(C)c3n2)c(OC)c1. The third-order valence-corrected chi connectivity index (χ3v) is 4.58. The van der Waals surface area contributed by atoms with Crippen molar-refractivity contribution in [3.8, 4) is 17.4 Å². The van der Waals surface area contributed by atoms with Crippen LogP contribution in [0.2, 0.25) is 0 Å². The van der Waals surface area contributed by atoms with Gasteiger partial charge in [-0.05, 0) is 26.0 Å². The molecule has 1 amide bonds. The third kappa shape index (κ3) is 4.49. The Balaban J connectivity index is 1.87. The van der Waals surface area contributed by atoms with Crippen molar-refractivity contribution in [2.75, 3.05) is 19.5 Å². The van der Waals surface area contributed by atoms with Gasteiger partial charge in [-0.1, -0.05) is 0 Å². The Kier molecular flexibility index (Phi) is 5.96. The molecule has 3 aromatic rings. The van der Waals surface area contributed by atoms with E-state index in [-0.39, 0.29) is 22.6 Å². The van der Waals surface area contributed by atoms with Gasteiger partial charge in [0.1, 0.15) is 11.5 Å². The maximum Gasteiger partial charge on any atom is 0.417 e. The summed E-state index contributed by atoms with van der Waals surface area (Å²) in [7, 11) is 4.40. The number of hydrogen-bond acceptors (Lipinski definition) is 6. The molecule has 0 spiro atoms. The first-order valence-electron chi connectivity index (χ1n) is 9.16. The summed E-state index contributed by atoms with van der Waals surface area (Å²) in [6.45, 7) is 2.87. The number of methoxy groups -OCH3 is 2. The fraction of sp³-hybridized carbons (Fsp3) is 0.350. The fourth-order valence-corrected chi connectivity index (χ4v) is 3.08. The van der Waals surface area contributed by atoms with Crippen molar-refractivity contribution in [2.45, 2.75) is 26.1 Å². The van der Waals surface area contributed by atoms with E-state index in [9.17, 15) is 18.0 Å².